The van der Waals surface area contributed by atoms with Crippen molar-refractivity contribution in [3.8, 4) is 0 Å². The first-order valence-electron chi connectivity index (χ1n) is 12.2. The number of aromatic carboxylic acids is 2. The van der Waals surface area contributed by atoms with E-state index in [1.807, 2.05) is 0 Å². The zero-order valence-electron chi connectivity index (χ0n) is 22.3. The molecular formula is C28H22N6O8S2. The Hall–Kier alpha value is -5.42. The standard InChI is InChI=1S/C28H22N6O8S2/c29-21-9-5-17(27(35)36)11-23(21)33-31-19-7-3-15(25(13-19)43(39)40)1-2-16-4-8-20(14-26(16)44(41)42)32-34-24-12-18(28(37)38)6-10-22(24)30/h1-14H,29-30H2,(H,35,36)(H,37,38)(H,39,40)(H,41,42)/b2-1+,33-31+,34-32+. The van der Waals surface area contributed by atoms with Crippen molar-refractivity contribution in [1.29, 1.82) is 0 Å². The fraction of sp³-hybridized carbons (Fsp3) is 0. The van der Waals surface area contributed by atoms with Gasteiger partial charge in [0.15, 0.2) is 22.2 Å². The summed E-state index contributed by atoms with van der Waals surface area (Å²) in [4.78, 5) is 22.4. The van der Waals surface area contributed by atoms with Gasteiger partial charge in [0, 0.05) is 0 Å². The van der Waals surface area contributed by atoms with Crippen LogP contribution < -0.4 is 11.5 Å². The van der Waals surface area contributed by atoms with Crippen LogP contribution in [-0.4, -0.2) is 39.7 Å². The molecule has 0 fully saturated rings. The zero-order valence-corrected chi connectivity index (χ0v) is 23.9. The largest absolute Gasteiger partial charge is 0.478 e. The second kappa shape index (κ2) is 13.7. The van der Waals surface area contributed by atoms with Crippen LogP contribution in [0, 0.1) is 0 Å². The lowest BCUT2D eigenvalue weighted by Gasteiger charge is -2.06. The van der Waals surface area contributed by atoms with Crippen molar-refractivity contribution >= 4 is 80.4 Å². The molecule has 0 amide bonds. The number of hydrogen-bond donors (Lipinski definition) is 6. The van der Waals surface area contributed by atoms with E-state index in [9.17, 15) is 27.1 Å². The molecule has 0 aromatic heterocycles. The van der Waals surface area contributed by atoms with Crippen LogP contribution >= 0.6 is 0 Å². The van der Waals surface area contributed by atoms with Crippen LogP contribution in [0.4, 0.5) is 34.1 Å². The molecule has 0 radical (unpaired) electrons. The number of azo groups is 2. The monoisotopic (exact) mass is 634 g/mol. The molecule has 14 nitrogen and oxygen atoms in total. The van der Waals surface area contributed by atoms with Gasteiger partial charge in [-0.25, -0.2) is 18.0 Å². The van der Waals surface area contributed by atoms with Crippen molar-refractivity contribution in [3.05, 3.63) is 95.1 Å². The predicted molar refractivity (Wildman–Crippen MR) is 164 cm³/mol. The number of benzene rings is 4. The maximum atomic E-state index is 12.1. The molecule has 44 heavy (non-hydrogen) atoms. The molecule has 4 aromatic rings. The van der Waals surface area contributed by atoms with Gasteiger partial charge in [0.1, 0.15) is 11.4 Å². The highest BCUT2D eigenvalue weighted by atomic mass is 32.2. The number of nitrogens with zero attached hydrogens (tertiary/aromatic N) is 4. The number of carboxylic acids is 2. The summed E-state index contributed by atoms with van der Waals surface area (Å²) in [7, 11) is 0. The number of anilines is 2. The Balaban J connectivity index is 1.61. The quantitative estimate of drug-likeness (QED) is 0.0483. The first kappa shape index (κ1) is 31.5. The SMILES string of the molecule is Nc1ccc(C(=O)O)cc1/N=N/c1ccc(/C=C/c2ccc(/N=N/c3cc(C(=O)O)ccc3N)cc2S(=O)O)c(S(=O)O)c1. The van der Waals surface area contributed by atoms with E-state index in [0.717, 1.165) is 0 Å². The highest BCUT2D eigenvalue weighted by Crippen LogP contribution is 2.30. The van der Waals surface area contributed by atoms with Gasteiger partial charge in [-0.3, -0.25) is 0 Å². The van der Waals surface area contributed by atoms with Gasteiger partial charge in [-0.15, -0.1) is 10.2 Å². The third-order valence-electron chi connectivity index (χ3n) is 5.91. The summed E-state index contributed by atoms with van der Waals surface area (Å²) in [5, 5.41) is 34.2. The van der Waals surface area contributed by atoms with Crippen molar-refractivity contribution in [2.45, 2.75) is 9.79 Å². The van der Waals surface area contributed by atoms with Crippen LogP contribution in [0.15, 0.2) is 103 Å². The van der Waals surface area contributed by atoms with Gasteiger partial charge in [-0.1, -0.05) is 24.3 Å². The van der Waals surface area contributed by atoms with Crippen molar-refractivity contribution in [1.82, 2.24) is 0 Å². The molecule has 0 saturated heterocycles. The lowest BCUT2D eigenvalue weighted by Crippen LogP contribution is -1.96. The lowest BCUT2D eigenvalue weighted by atomic mass is 10.1. The van der Waals surface area contributed by atoms with Gasteiger partial charge in [-0.05, 0) is 71.8 Å². The maximum Gasteiger partial charge on any atom is 0.335 e. The molecule has 0 aliphatic heterocycles. The fourth-order valence-electron chi connectivity index (χ4n) is 3.68. The Bertz CT molecular complexity index is 1790. The number of nitrogens with two attached hydrogens (primary N) is 2. The van der Waals surface area contributed by atoms with Crippen LogP contribution in [0.3, 0.4) is 0 Å². The number of carbonyl (C=O) groups is 2. The molecule has 2 atom stereocenters. The average Bonchev–Trinajstić information content (AvgIpc) is 2.99. The van der Waals surface area contributed by atoms with Crippen molar-refractivity contribution in [3.63, 3.8) is 0 Å². The third-order valence-corrected chi connectivity index (χ3v) is 7.37. The third kappa shape index (κ3) is 7.69. The summed E-state index contributed by atoms with van der Waals surface area (Å²) >= 11 is -4.91. The summed E-state index contributed by atoms with van der Waals surface area (Å²) in [6.07, 6.45) is 2.92. The summed E-state index contributed by atoms with van der Waals surface area (Å²) in [5.41, 5.74) is 13.1. The predicted octanol–water partition coefficient (Wildman–Crippen LogP) is 6.41. The van der Waals surface area contributed by atoms with Crippen LogP contribution in [-0.2, 0) is 22.2 Å². The summed E-state index contributed by atoms with van der Waals surface area (Å²) < 4.78 is 43.9. The van der Waals surface area contributed by atoms with Gasteiger partial charge in [0.25, 0.3) is 0 Å². The van der Waals surface area contributed by atoms with Crippen molar-refractivity contribution < 1.29 is 37.3 Å². The van der Waals surface area contributed by atoms with Crippen LogP contribution in [0.1, 0.15) is 31.8 Å². The molecule has 8 N–H and O–H groups in total. The van der Waals surface area contributed by atoms with Crippen LogP contribution in [0.5, 0.6) is 0 Å². The minimum absolute atomic E-state index is 0.0387. The topological polar surface area (TPSA) is 251 Å². The Morgan fingerprint density at radius 1 is 0.591 bits per heavy atom. The van der Waals surface area contributed by atoms with E-state index in [1.54, 1.807) is 0 Å². The average molecular weight is 635 g/mol. The van der Waals surface area contributed by atoms with Gasteiger partial charge in [0.2, 0.25) is 0 Å². The Kier molecular flexibility index (Phi) is 9.81. The van der Waals surface area contributed by atoms with Gasteiger partial charge in [0.05, 0.1) is 43.7 Å². The van der Waals surface area contributed by atoms with Crippen molar-refractivity contribution in [2.24, 2.45) is 20.5 Å². The zero-order chi connectivity index (χ0) is 32.0. The van der Waals surface area contributed by atoms with Gasteiger partial charge < -0.3 is 30.8 Å². The molecular weight excluding hydrogens is 612 g/mol. The summed E-state index contributed by atoms with van der Waals surface area (Å²) in [6, 6.07) is 16.4. The minimum atomic E-state index is -2.46. The maximum absolute atomic E-state index is 12.1. The molecule has 0 saturated carbocycles. The second-order valence-electron chi connectivity index (χ2n) is 8.83. The van der Waals surface area contributed by atoms with Crippen LogP contribution in [0.2, 0.25) is 0 Å². The van der Waals surface area contributed by atoms with E-state index in [1.165, 1.54) is 84.9 Å². The summed E-state index contributed by atoms with van der Waals surface area (Å²) in [6.45, 7) is 0. The van der Waals surface area contributed by atoms with E-state index >= 15 is 0 Å². The first-order valence-corrected chi connectivity index (χ1v) is 14.4. The first-order chi connectivity index (χ1) is 20.9. The Labute approximate surface area is 254 Å². The van der Waals surface area contributed by atoms with E-state index < -0.39 is 34.1 Å². The molecule has 0 aliphatic rings. The molecule has 4 rings (SSSR count). The fourth-order valence-corrected chi connectivity index (χ4v) is 4.80. The lowest BCUT2D eigenvalue weighted by molar-refractivity contribution is 0.0686. The number of hydrogen-bond acceptors (Lipinski definition) is 10. The van der Waals surface area contributed by atoms with E-state index in [-0.39, 0.29) is 55.0 Å². The molecule has 0 bridgehead atoms. The van der Waals surface area contributed by atoms with Gasteiger partial charge in [-0.2, -0.15) is 10.2 Å². The van der Waals surface area contributed by atoms with Crippen molar-refractivity contribution in [2.75, 3.05) is 11.5 Å². The molecule has 16 heteroatoms. The smallest absolute Gasteiger partial charge is 0.335 e. The van der Waals surface area contributed by atoms with Gasteiger partial charge >= 0.3 is 11.9 Å². The van der Waals surface area contributed by atoms with E-state index in [4.69, 9.17) is 21.7 Å². The number of rotatable bonds is 10. The number of nitrogen functional groups attached to an aromatic ring is 2. The molecule has 4 aromatic carbocycles. The number of carboxylic acid groups (broad SMARTS) is 2. The molecule has 2 unspecified atom stereocenters. The normalized spacial score (nSPS) is 13.0. The highest BCUT2D eigenvalue weighted by molar-refractivity contribution is 7.79. The second-order valence-corrected chi connectivity index (χ2v) is 10.7. The molecule has 0 heterocycles. The van der Waals surface area contributed by atoms with E-state index in [2.05, 4.69) is 20.5 Å². The molecule has 0 spiro atoms. The molecule has 0 aliphatic carbocycles. The highest BCUT2D eigenvalue weighted by Gasteiger charge is 2.12. The van der Waals surface area contributed by atoms with E-state index in [0.29, 0.717) is 11.1 Å². The summed E-state index contributed by atoms with van der Waals surface area (Å²) in [5.74, 6) is -2.34. The van der Waals surface area contributed by atoms with Crippen LogP contribution in [0.25, 0.3) is 12.2 Å². The minimum Gasteiger partial charge on any atom is -0.478 e. The molecule has 224 valence electrons. The Morgan fingerprint density at radius 2 is 0.977 bits per heavy atom. The Morgan fingerprint density at radius 3 is 1.32 bits per heavy atom.